The van der Waals surface area contributed by atoms with Crippen LogP contribution >= 0.6 is 23.1 Å². The van der Waals surface area contributed by atoms with Crippen LogP contribution in [-0.2, 0) is 24.2 Å². The van der Waals surface area contributed by atoms with Crippen LogP contribution in [0.1, 0.15) is 49.1 Å². The van der Waals surface area contributed by atoms with Crippen molar-refractivity contribution in [2.45, 2.75) is 63.3 Å². The van der Waals surface area contributed by atoms with Gasteiger partial charge in [-0.15, -0.1) is 11.3 Å². The van der Waals surface area contributed by atoms with Crippen molar-refractivity contribution in [1.82, 2.24) is 9.97 Å². The van der Waals surface area contributed by atoms with Crippen LogP contribution in [0.25, 0.3) is 10.2 Å². The van der Waals surface area contributed by atoms with Gasteiger partial charge in [0.15, 0.2) is 5.16 Å². The summed E-state index contributed by atoms with van der Waals surface area (Å²) in [7, 11) is 0. The van der Waals surface area contributed by atoms with Crippen molar-refractivity contribution in [3.63, 3.8) is 0 Å². The highest BCUT2D eigenvalue weighted by Gasteiger charge is 2.34. The third kappa shape index (κ3) is 4.22. The molecule has 6 heteroatoms. The van der Waals surface area contributed by atoms with Crippen molar-refractivity contribution in [2.75, 3.05) is 24.2 Å². The van der Waals surface area contributed by atoms with Gasteiger partial charge in [-0.25, -0.2) is 9.97 Å². The molecule has 2 aromatic heterocycles. The Labute approximate surface area is 193 Å². The van der Waals surface area contributed by atoms with E-state index in [1.807, 2.05) is 0 Å². The number of benzene rings is 1. The average Bonchev–Trinajstić information content (AvgIpc) is 3.17. The Morgan fingerprint density at radius 1 is 1.19 bits per heavy atom. The van der Waals surface area contributed by atoms with E-state index in [0.29, 0.717) is 6.61 Å². The minimum absolute atomic E-state index is 0.0842. The molecule has 4 nitrogen and oxygen atoms in total. The van der Waals surface area contributed by atoms with Crippen LogP contribution in [0, 0.1) is 5.92 Å². The number of anilines is 1. The summed E-state index contributed by atoms with van der Waals surface area (Å²) in [6, 6.07) is 10.9. The summed E-state index contributed by atoms with van der Waals surface area (Å²) in [5, 5.41) is 2.17. The van der Waals surface area contributed by atoms with Gasteiger partial charge in [0.25, 0.3) is 0 Å². The molecule has 4 heterocycles. The highest BCUT2D eigenvalue weighted by molar-refractivity contribution is 7.98. The molecule has 2 aliphatic heterocycles. The number of aromatic nitrogens is 2. The second kappa shape index (κ2) is 8.72. The molecule has 3 aromatic rings. The molecule has 0 saturated carbocycles. The van der Waals surface area contributed by atoms with E-state index in [-0.39, 0.29) is 5.60 Å². The van der Waals surface area contributed by atoms with E-state index in [2.05, 4.69) is 55.3 Å². The molecule has 1 unspecified atom stereocenters. The first kappa shape index (κ1) is 21.2. The van der Waals surface area contributed by atoms with E-state index in [1.54, 1.807) is 23.1 Å². The van der Waals surface area contributed by atoms with Crippen molar-refractivity contribution < 1.29 is 4.74 Å². The molecule has 1 atom stereocenters. The summed E-state index contributed by atoms with van der Waals surface area (Å²) in [5.74, 6) is 1.91. The van der Waals surface area contributed by atoms with Crippen LogP contribution in [0.5, 0.6) is 0 Å². The van der Waals surface area contributed by atoms with Gasteiger partial charge in [0, 0.05) is 24.4 Å². The van der Waals surface area contributed by atoms with Crippen molar-refractivity contribution in [2.24, 2.45) is 5.92 Å². The molecule has 0 spiro atoms. The first-order valence-electron chi connectivity index (χ1n) is 11.4. The number of fused-ring (bicyclic) bond motifs is 3. The minimum atomic E-state index is -0.0842. The molecule has 0 bridgehead atoms. The number of thioether (sulfide) groups is 1. The van der Waals surface area contributed by atoms with E-state index >= 15 is 0 Å². The van der Waals surface area contributed by atoms with Gasteiger partial charge in [0.05, 0.1) is 17.6 Å². The lowest BCUT2D eigenvalue weighted by Gasteiger charge is -2.35. The number of nitrogens with zero attached hydrogens (tertiary/aromatic N) is 3. The van der Waals surface area contributed by atoms with E-state index < -0.39 is 0 Å². The maximum absolute atomic E-state index is 6.23. The Bertz CT molecular complexity index is 1060. The Morgan fingerprint density at radius 2 is 1.97 bits per heavy atom. The second-order valence-corrected chi connectivity index (χ2v) is 11.0. The number of ether oxygens (including phenoxy) is 1. The van der Waals surface area contributed by atoms with Gasteiger partial charge in [0.2, 0.25) is 0 Å². The lowest BCUT2D eigenvalue weighted by atomic mass is 9.89. The Kier molecular flexibility index (Phi) is 5.97. The van der Waals surface area contributed by atoms with Gasteiger partial charge in [-0.1, -0.05) is 49.0 Å². The van der Waals surface area contributed by atoms with Crippen LogP contribution in [0.4, 0.5) is 5.82 Å². The summed E-state index contributed by atoms with van der Waals surface area (Å²) in [5.41, 5.74) is 2.81. The Balaban J connectivity index is 1.43. The number of rotatable bonds is 5. The summed E-state index contributed by atoms with van der Waals surface area (Å²) in [6.45, 7) is 7.31. The van der Waals surface area contributed by atoms with Gasteiger partial charge in [0.1, 0.15) is 10.6 Å². The monoisotopic (exact) mass is 453 g/mol. The lowest BCUT2D eigenvalue weighted by molar-refractivity contribution is -0.0543. The minimum Gasteiger partial charge on any atom is -0.369 e. The molecule has 164 valence electrons. The van der Waals surface area contributed by atoms with Crippen molar-refractivity contribution in [3.8, 4) is 0 Å². The molecule has 0 aliphatic carbocycles. The predicted octanol–water partition coefficient (Wildman–Crippen LogP) is 6.11. The molecule has 0 radical (unpaired) electrons. The molecular weight excluding hydrogens is 422 g/mol. The highest BCUT2D eigenvalue weighted by Crippen LogP contribution is 2.43. The largest absolute Gasteiger partial charge is 0.369 e. The summed E-state index contributed by atoms with van der Waals surface area (Å²) < 4.78 is 6.23. The Hall–Kier alpha value is -1.63. The van der Waals surface area contributed by atoms with Gasteiger partial charge in [-0.2, -0.15) is 0 Å². The zero-order valence-corrected chi connectivity index (χ0v) is 20.3. The van der Waals surface area contributed by atoms with E-state index in [1.165, 1.54) is 40.7 Å². The van der Waals surface area contributed by atoms with Crippen molar-refractivity contribution in [1.29, 1.82) is 0 Å². The van der Waals surface area contributed by atoms with Crippen molar-refractivity contribution in [3.05, 3.63) is 46.3 Å². The van der Waals surface area contributed by atoms with Gasteiger partial charge in [-0.05, 0) is 55.9 Å². The summed E-state index contributed by atoms with van der Waals surface area (Å²) >= 11 is 3.45. The van der Waals surface area contributed by atoms with E-state index in [9.17, 15) is 0 Å². The van der Waals surface area contributed by atoms with Crippen LogP contribution in [-0.4, -0.2) is 34.9 Å². The van der Waals surface area contributed by atoms with Crippen LogP contribution in [0.3, 0.4) is 0 Å². The molecule has 1 saturated heterocycles. The van der Waals surface area contributed by atoms with E-state index in [0.717, 1.165) is 47.7 Å². The molecular formula is C25H31N3OS2. The van der Waals surface area contributed by atoms with Gasteiger partial charge in [-0.3, -0.25) is 0 Å². The highest BCUT2D eigenvalue weighted by atomic mass is 32.2. The zero-order valence-electron chi connectivity index (χ0n) is 18.7. The molecule has 0 amide bonds. The second-order valence-electron chi connectivity index (χ2n) is 9.11. The van der Waals surface area contributed by atoms with Gasteiger partial charge >= 0.3 is 0 Å². The summed E-state index contributed by atoms with van der Waals surface area (Å²) in [4.78, 5) is 14.9. The SMILES string of the molecule is CCC1(C)Cc2c(sc3nc(SC)nc(N4CCC(Cc5ccccc5)CC4)c23)CO1. The molecule has 5 rings (SSSR count). The molecule has 0 N–H and O–H groups in total. The molecule has 2 aliphatic rings. The molecule has 1 aromatic carbocycles. The quantitative estimate of drug-likeness (QED) is 0.344. The fraction of sp³-hybridized carbons (Fsp3) is 0.520. The lowest BCUT2D eigenvalue weighted by Crippen LogP contribution is -2.36. The standard InChI is InChI=1S/C25H31N3OS2/c1-4-25(2)15-19-20(16-29-25)31-23-21(19)22(26-24(27-23)30-3)28-12-10-18(11-13-28)14-17-8-6-5-7-9-17/h5-9,18H,4,10-16H2,1-3H3. The van der Waals surface area contributed by atoms with Crippen LogP contribution in [0.2, 0.25) is 0 Å². The zero-order chi connectivity index (χ0) is 21.4. The topological polar surface area (TPSA) is 38.2 Å². The first-order chi connectivity index (χ1) is 15.1. The summed E-state index contributed by atoms with van der Waals surface area (Å²) in [6.07, 6.45) is 7.67. The van der Waals surface area contributed by atoms with Crippen LogP contribution in [0.15, 0.2) is 35.5 Å². The fourth-order valence-electron chi connectivity index (χ4n) is 4.88. The number of thiophene rings is 1. The third-order valence-electron chi connectivity index (χ3n) is 7.01. The number of piperidine rings is 1. The fourth-order valence-corrected chi connectivity index (χ4v) is 6.39. The Morgan fingerprint density at radius 3 is 2.68 bits per heavy atom. The maximum atomic E-state index is 6.23. The van der Waals surface area contributed by atoms with Crippen molar-refractivity contribution >= 4 is 39.1 Å². The van der Waals surface area contributed by atoms with Crippen LogP contribution < -0.4 is 4.90 Å². The average molecular weight is 454 g/mol. The maximum Gasteiger partial charge on any atom is 0.190 e. The number of hydrogen-bond acceptors (Lipinski definition) is 6. The smallest absolute Gasteiger partial charge is 0.190 e. The molecule has 31 heavy (non-hydrogen) atoms. The molecule has 1 fully saturated rings. The third-order valence-corrected chi connectivity index (χ3v) is 8.66. The van der Waals surface area contributed by atoms with E-state index in [4.69, 9.17) is 14.7 Å². The number of hydrogen-bond donors (Lipinski definition) is 0. The predicted molar refractivity (Wildman–Crippen MR) is 131 cm³/mol. The van der Waals surface area contributed by atoms with Gasteiger partial charge < -0.3 is 9.64 Å². The normalized spacial score (nSPS) is 22.1. The first-order valence-corrected chi connectivity index (χ1v) is 13.4.